The molecule has 1 N–H and O–H groups in total. The van der Waals surface area contributed by atoms with Crippen LogP contribution in [0.4, 0.5) is 0 Å². The number of aliphatic hydroxyl groups excluding tert-OH is 1. The molecule has 152 valence electrons. The van der Waals surface area contributed by atoms with Crippen LogP contribution in [0, 0.1) is 0 Å². The smallest absolute Gasteiger partial charge is 0.748 e. The van der Waals surface area contributed by atoms with Crippen molar-refractivity contribution in [3.05, 3.63) is 0 Å². The summed E-state index contributed by atoms with van der Waals surface area (Å²) in [5.74, 6) is 0. The zero-order valence-corrected chi connectivity index (χ0v) is 20.4. The summed E-state index contributed by atoms with van der Waals surface area (Å²) in [5, 5.41) is 8.74. The van der Waals surface area contributed by atoms with Gasteiger partial charge in [0.1, 0.15) is 0 Å². The quantitative estimate of drug-likeness (QED) is 0.218. The number of aliphatic hydroxyl groups is 1. The minimum absolute atomic E-state index is 0. The molecule has 0 aromatic heterocycles. The Bertz CT molecular complexity index is 387. The van der Waals surface area contributed by atoms with E-state index in [2.05, 4.69) is 0 Å². The van der Waals surface area contributed by atoms with Gasteiger partial charge in [-0.1, -0.05) is 90.4 Å². The molecular formula is C20H41NaO4S. The number of hydrogen-bond acceptors (Lipinski definition) is 4. The molecule has 0 spiro atoms. The molecule has 0 radical (unpaired) electrons. The van der Waals surface area contributed by atoms with Crippen molar-refractivity contribution < 1.29 is 47.6 Å². The Balaban J connectivity index is 0. The fourth-order valence-corrected chi connectivity index (χ4v) is 3.56. The van der Waals surface area contributed by atoms with E-state index in [0.29, 0.717) is 6.42 Å². The van der Waals surface area contributed by atoms with Crippen LogP contribution in [0.2, 0.25) is 0 Å². The Morgan fingerprint density at radius 2 is 1.04 bits per heavy atom. The van der Waals surface area contributed by atoms with E-state index >= 15 is 0 Å². The van der Waals surface area contributed by atoms with Crippen LogP contribution in [0.3, 0.4) is 0 Å². The van der Waals surface area contributed by atoms with Crippen molar-refractivity contribution in [2.45, 2.75) is 128 Å². The van der Waals surface area contributed by atoms with E-state index in [1.807, 2.05) is 6.92 Å². The maximum absolute atomic E-state index is 10.8. The van der Waals surface area contributed by atoms with Crippen LogP contribution in [0.15, 0.2) is 0 Å². The molecule has 0 heterocycles. The average molecular weight is 401 g/mol. The average Bonchev–Trinajstić information content (AvgIpc) is 2.56. The SMILES string of the molecule is CCC(O)CCCCCCCCCCCCCCCC(C)S(=O)(=O)[O-].[Na+]. The van der Waals surface area contributed by atoms with Gasteiger partial charge < -0.3 is 9.66 Å². The van der Waals surface area contributed by atoms with Crippen molar-refractivity contribution >= 4 is 10.1 Å². The van der Waals surface area contributed by atoms with E-state index < -0.39 is 15.4 Å². The topological polar surface area (TPSA) is 77.4 Å². The summed E-state index contributed by atoms with van der Waals surface area (Å²) in [7, 11) is -4.09. The monoisotopic (exact) mass is 400 g/mol. The van der Waals surface area contributed by atoms with Gasteiger partial charge in [0.15, 0.2) is 0 Å². The van der Waals surface area contributed by atoms with Gasteiger partial charge in [-0.15, -0.1) is 0 Å². The van der Waals surface area contributed by atoms with Crippen LogP contribution in [0.25, 0.3) is 0 Å². The Morgan fingerprint density at radius 3 is 1.35 bits per heavy atom. The molecule has 4 nitrogen and oxygen atoms in total. The summed E-state index contributed by atoms with van der Waals surface area (Å²) in [6.07, 6.45) is 18.1. The maximum atomic E-state index is 10.8. The first-order valence-corrected chi connectivity index (χ1v) is 12.0. The van der Waals surface area contributed by atoms with E-state index in [4.69, 9.17) is 0 Å². The summed E-state index contributed by atoms with van der Waals surface area (Å²) >= 11 is 0. The van der Waals surface area contributed by atoms with Gasteiger partial charge in [0.25, 0.3) is 0 Å². The second-order valence-corrected chi connectivity index (χ2v) is 9.33. The van der Waals surface area contributed by atoms with Crippen LogP contribution in [-0.4, -0.2) is 29.4 Å². The molecule has 0 saturated heterocycles. The summed E-state index contributed by atoms with van der Waals surface area (Å²) in [5.41, 5.74) is 0. The minimum Gasteiger partial charge on any atom is -0.748 e. The predicted octanol–water partition coefficient (Wildman–Crippen LogP) is 2.55. The standard InChI is InChI=1S/C20H42O4S.Na/c1-3-20(21)18-16-14-12-10-8-6-4-5-7-9-11-13-15-17-19(2)25(22,23)24;/h19-21H,3-18H2,1-2H3,(H,22,23,24);/q;+1/p-1. The zero-order chi connectivity index (χ0) is 19.0. The molecule has 2 atom stereocenters. The third kappa shape index (κ3) is 19.6. The predicted molar refractivity (Wildman–Crippen MR) is 105 cm³/mol. The molecule has 0 aromatic rings. The summed E-state index contributed by atoms with van der Waals surface area (Å²) < 4.78 is 32.3. The zero-order valence-electron chi connectivity index (χ0n) is 17.5. The number of rotatable bonds is 18. The van der Waals surface area contributed by atoms with Gasteiger partial charge >= 0.3 is 29.6 Å². The first-order valence-electron chi connectivity index (χ1n) is 10.5. The van der Waals surface area contributed by atoms with E-state index in [-0.39, 0.29) is 35.7 Å². The molecule has 26 heavy (non-hydrogen) atoms. The minimum atomic E-state index is -4.09. The van der Waals surface area contributed by atoms with Gasteiger partial charge in [-0.2, -0.15) is 0 Å². The maximum Gasteiger partial charge on any atom is 1.00 e. The summed E-state index contributed by atoms with van der Waals surface area (Å²) in [6.45, 7) is 3.55. The van der Waals surface area contributed by atoms with Crippen molar-refractivity contribution in [3.63, 3.8) is 0 Å². The third-order valence-corrected chi connectivity index (χ3v) is 6.33. The van der Waals surface area contributed by atoms with Gasteiger partial charge in [-0.25, -0.2) is 8.42 Å². The molecule has 2 unspecified atom stereocenters. The molecule has 0 bridgehead atoms. The second kappa shape index (κ2) is 19.2. The van der Waals surface area contributed by atoms with Crippen molar-refractivity contribution in [1.82, 2.24) is 0 Å². The van der Waals surface area contributed by atoms with Gasteiger partial charge in [-0.3, -0.25) is 0 Å². The molecule has 0 aliphatic rings. The van der Waals surface area contributed by atoms with Crippen LogP contribution in [0.1, 0.15) is 117 Å². The van der Waals surface area contributed by atoms with Crippen LogP contribution in [0.5, 0.6) is 0 Å². The van der Waals surface area contributed by atoms with E-state index in [9.17, 15) is 18.1 Å². The Hall–Kier alpha value is 0.870. The Kier molecular flexibility index (Phi) is 21.5. The molecule has 0 amide bonds. The first-order chi connectivity index (χ1) is 11.9. The van der Waals surface area contributed by atoms with Gasteiger partial charge in [0.2, 0.25) is 0 Å². The molecule has 0 rings (SSSR count). The van der Waals surface area contributed by atoms with Crippen molar-refractivity contribution in [2.75, 3.05) is 0 Å². The van der Waals surface area contributed by atoms with E-state index in [0.717, 1.165) is 38.5 Å². The first kappa shape index (κ1) is 29.1. The molecule has 0 saturated carbocycles. The molecule has 0 aliphatic heterocycles. The van der Waals surface area contributed by atoms with Crippen molar-refractivity contribution in [1.29, 1.82) is 0 Å². The number of hydrogen-bond donors (Lipinski definition) is 1. The van der Waals surface area contributed by atoms with Crippen molar-refractivity contribution in [3.8, 4) is 0 Å². The van der Waals surface area contributed by atoms with Crippen molar-refractivity contribution in [2.24, 2.45) is 0 Å². The fraction of sp³-hybridized carbons (Fsp3) is 1.00. The van der Waals surface area contributed by atoms with Gasteiger partial charge in [0, 0.05) is 5.25 Å². The largest absolute Gasteiger partial charge is 1.00 e. The van der Waals surface area contributed by atoms with Crippen LogP contribution < -0.4 is 29.6 Å². The molecule has 0 aliphatic carbocycles. The van der Waals surface area contributed by atoms with Gasteiger partial charge in [-0.05, 0) is 26.2 Å². The third-order valence-electron chi connectivity index (χ3n) is 5.11. The number of unbranched alkanes of at least 4 members (excludes halogenated alkanes) is 12. The Morgan fingerprint density at radius 1 is 0.731 bits per heavy atom. The fourth-order valence-electron chi connectivity index (χ4n) is 3.10. The summed E-state index contributed by atoms with van der Waals surface area (Å²) in [4.78, 5) is 0. The normalized spacial score (nSPS) is 14.0. The molecule has 0 aromatic carbocycles. The van der Waals surface area contributed by atoms with Crippen LogP contribution >= 0.6 is 0 Å². The van der Waals surface area contributed by atoms with E-state index in [1.165, 1.54) is 64.7 Å². The van der Waals surface area contributed by atoms with Crippen LogP contribution in [-0.2, 0) is 10.1 Å². The molecule has 0 fully saturated rings. The molecular weight excluding hydrogens is 359 g/mol. The second-order valence-electron chi connectivity index (χ2n) is 7.54. The molecule has 6 heteroatoms. The summed E-state index contributed by atoms with van der Waals surface area (Å²) in [6, 6.07) is 0. The van der Waals surface area contributed by atoms with Gasteiger partial charge in [0.05, 0.1) is 16.2 Å². The Labute approximate surface area is 185 Å². The van der Waals surface area contributed by atoms with E-state index in [1.54, 1.807) is 0 Å².